The summed E-state index contributed by atoms with van der Waals surface area (Å²) in [6, 6.07) is 27.4. The molecule has 0 bridgehead atoms. The minimum absolute atomic E-state index is 0.226. The second-order valence-corrected chi connectivity index (χ2v) is 10.5. The van der Waals surface area contributed by atoms with Crippen molar-refractivity contribution in [1.82, 2.24) is 0 Å². The Bertz CT molecular complexity index is 1350. The van der Waals surface area contributed by atoms with Gasteiger partial charge in [0.2, 0.25) is 0 Å². The first-order chi connectivity index (χ1) is 18.7. The molecule has 1 heteroatoms. The molecule has 0 saturated heterocycles. The maximum absolute atomic E-state index is 15.1. The Morgan fingerprint density at radius 2 is 1.11 bits per heavy atom. The summed E-state index contributed by atoms with van der Waals surface area (Å²) in [5, 5.41) is 1.59. The molecule has 4 aromatic carbocycles. The van der Waals surface area contributed by atoms with Crippen molar-refractivity contribution in [3.8, 4) is 11.8 Å². The molecule has 0 aliphatic rings. The van der Waals surface area contributed by atoms with Crippen molar-refractivity contribution in [3.63, 3.8) is 0 Å². The second-order valence-electron chi connectivity index (χ2n) is 10.5. The van der Waals surface area contributed by atoms with Gasteiger partial charge in [0.05, 0.1) is 5.56 Å². The number of unbranched alkanes of at least 4 members (excludes halogenated alkanes) is 5. The van der Waals surface area contributed by atoms with Crippen LogP contribution in [0.4, 0.5) is 4.39 Å². The fourth-order valence-corrected chi connectivity index (χ4v) is 4.96. The summed E-state index contributed by atoms with van der Waals surface area (Å²) in [6.45, 7) is 4.45. The fourth-order valence-electron chi connectivity index (χ4n) is 4.96. The van der Waals surface area contributed by atoms with Gasteiger partial charge < -0.3 is 0 Å². The molecule has 0 saturated carbocycles. The molecule has 0 unspecified atom stereocenters. The average Bonchev–Trinajstić information content (AvgIpc) is 2.95. The van der Waals surface area contributed by atoms with Gasteiger partial charge in [-0.1, -0.05) is 118 Å². The van der Waals surface area contributed by atoms with Gasteiger partial charge in [0.1, 0.15) is 5.82 Å². The van der Waals surface area contributed by atoms with E-state index in [0.717, 1.165) is 43.1 Å². The highest BCUT2D eigenvalue weighted by molar-refractivity contribution is 5.85. The van der Waals surface area contributed by atoms with Crippen LogP contribution in [-0.4, -0.2) is 0 Å². The van der Waals surface area contributed by atoms with E-state index in [2.05, 4.69) is 68.2 Å². The molecule has 38 heavy (non-hydrogen) atoms. The summed E-state index contributed by atoms with van der Waals surface area (Å²) in [5.74, 6) is 5.98. The summed E-state index contributed by atoms with van der Waals surface area (Å²) >= 11 is 0. The molecule has 0 N–H and O–H groups in total. The standard InChI is InChI=1S/C37H41F/c1-3-5-7-8-9-11-29-12-14-30(15-13-29)16-17-31-18-20-32(21-19-31)22-24-34-25-26-35-28-33(10-6-4-2)23-27-36(35)37(34)38/h12-15,18-21,23,25-28H,3-11,16-17H2,1-2H3. The first kappa shape index (κ1) is 27.7. The lowest BCUT2D eigenvalue weighted by Crippen LogP contribution is -1.93. The van der Waals surface area contributed by atoms with Crippen LogP contribution in [0.3, 0.4) is 0 Å². The highest BCUT2D eigenvalue weighted by Gasteiger charge is 2.07. The van der Waals surface area contributed by atoms with Gasteiger partial charge in [-0.05, 0) is 84.4 Å². The van der Waals surface area contributed by atoms with Crippen LogP contribution in [0.15, 0.2) is 78.9 Å². The topological polar surface area (TPSA) is 0 Å². The van der Waals surface area contributed by atoms with Crippen LogP contribution in [0.25, 0.3) is 10.8 Å². The molecule has 0 aromatic heterocycles. The molecule has 0 fully saturated rings. The third-order valence-corrected chi connectivity index (χ3v) is 7.43. The first-order valence-electron chi connectivity index (χ1n) is 14.6. The number of hydrogen-bond donors (Lipinski definition) is 0. The Morgan fingerprint density at radius 1 is 0.526 bits per heavy atom. The summed E-state index contributed by atoms with van der Waals surface area (Å²) in [4.78, 5) is 0. The lowest BCUT2D eigenvalue weighted by atomic mass is 10.00. The monoisotopic (exact) mass is 504 g/mol. The fraction of sp³-hybridized carbons (Fsp3) is 0.351. The Kier molecular flexibility index (Phi) is 10.6. The molecule has 0 aliphatic carbocycles. The zero-order valence-electron chi connectivity index (χ0n) is 23.2. The third kappa shape index (κ3) is 8.06. The van der Waals surface area contributed by atoms with Gasteiger partial charge in [-0.25, -0.2) is 4.39 Å². The van der Waals surface area contributed by atoms with E-state index in [1.807, 2.05) is 30.3 Å². The molecule has 196 valence electrons. The highest BCUT2D eigenvalue weighted by Crippen LogP contribution is 2.23. The van der Waals surface area contributed by atoms with E-state index in [9.17, 15) is 0 Å². The number of aryl methyl sites for hydroxylation is 4. The molecule has 4 aromatic rings. The Morgan fingerprint density at radius 3 is 1.79 bits per heavy atom. The van der Waals surface area contributed by atoms with Gasteiger partial charge in [-0.15, -0.1) is 0 Å². The molecular formula is C37H41F. The lowest BCUT2D eigenvalue weighted by Gasteiger charge is -2.06. The third-order valence-electron chi connectivity index (χ3n) is 7.43. The lowest BCUT2D eigenvalue weighted by molar-refractivity contribution is 0.632. The van der Waals surface area contributed by atoms with Gasteiger partial charge in [0, 0.05) is 10.9 Å². The van der Waals surface area contributed by atoms with Gasteiger partial charge in [0.15, 0.2) is 0 Å². The van der Waals surface area contributed by atoms with Gasteiger partial charge in [0.25, 0.3) is 0 Å². The van der Waals surface area contributed by atoms with Crippen LogP contribution in [0.5, 0.6) is 0 Å². The van der Waals surface area contributed by atoms with E-state index in [-0.39, 0.29) is 5.82 Å². The molecule has 0 atom stereocenters. The number of hydrogen-bond acceptors (Lipinski definition) is 0. The van der Waals surface area contributed by atoms with Gasteiger partial charge in [-0.2, -0.15) is 0 Å². The zero-order chi connectivity index (χ0) is 26.6. The summed E-state index contributed by atoms with van der Waals surface area (Å²) in [5.41, 5.74) is 6.76. The smallest absolute Gasteiger partial charge is 0.146 e. The van der Waals surface area contributed by atoms with Gasteiger partial charge >= 0.3 is 0 Å². The van der Waals surface area contributed by atoms with Crippen LogP contribution in [0, 0.1) is 17.7 Å². The number of fused-ring (bicyclic) bond motifs is 1. The van der Waals surface area contributed by atoms with E-state index in [1.165, 1.54) is 60.8 Å². The molecular weight excluding hydrogens is 463 g/mol. The van der Waals surface area contributed by atoms with Crippen molar-refractivity contribution < 1.29 is 4.39 Å². The number of rotatable bonds is 12. The summed E-state index contributed by atoms with van der Waals surface area (Å²) < 4.78 is 15.1. The van der Waals surface area contributed by atoms with Crippen molar-refractivity contribution in [2.24, 2.45) is 0 Å². The highest BCUT2D eigenvalue weighted by atomic mass is 19.1. The van der Waals surface area contributed by atoms with Crippen molar-refractivity contribution >= 4 is 10.8 Å². The predicted octanol–water partition coefficient (Wildman–Crippen LogP) is 10.0. The SMILES string of the molecule is CCCCCCCc1ccc(CCc2ccc(C#Cc3ccc4cc(CCCC)ccc4c3F)cc2)cc1. The number of halogens is 1. The molecule has 0 nitrogen and oxygen atoms in total. The molecule has 0 heterocycles. The van der Waals surface area contributed by atoms with Crippen LogP contribution < -0.4 is 0 Å². The quantitative estimate of drug-likeness (QED) is 0.133. The second kappa shape index (κ2) is 14.5. The van der Waals surface area contributed by atoms with E-state index in [4.69, 9.17) is 0 Å². The Hall–Kier alpha value is -3.37. The van der Waals surface area contributed by atoms with Crippen LogP contribution in [0.2, 0.25) is 0 Å². The maximum atomic E-state index is 15.1. The van der Waals surface area contributed by atoms with Crippen LogP contribution in [-0.2, 0) is 25.7 Å². The van der Waals surface area contributed by atoms with Crippen molar-refractivity contribution in [2.45, 2.75) is 84.5 Å². The summed E-state index contributed by atoms with van der Waals surface area (Å²) in [6.07, 6.45) is 13.2. The molecule has 0 spiro atoms. The van der Waals surface area contributed by atoms with Crippen molar-refractivity contribution in [1.29, 1.82) is 0 Å². The maximum Gasteiger partial charge on any atom is 0.146 e. The molecule has 0 radical (unpaired) electrons. The Balaban J connectivity index is 1.31. The zero-order valence-corrected chi connectivity index (χ0v) is 23.2. The van der Waals surface area contributed by atoms with Crippen molar-refractivity contribution in [3.05, 3.63) is 118 Å². The summed E-state index contributed by atoms with van der Waals surface area (Å²) in [7, 11) is 0. The Labute approximate surface area is 229 Å². The minimum atomic E-state index is -0.226. The minimum Gasteiger partial charge on any atom is -0.205 e. The van der Waals surface area contributed by atoms with Crippen molar-refractivity contribution in [2.75, 3.05) is 0 Å². The molecule has 0 amide bonds. The first-order valence-corrected chi connectivity index (χ1v) is 14.6. The van der Waals surface area contributed by atoms with E-state index >= 15 is 4.39 Å². The molecule has 0 aliphatic heterocycles. The predicted molar refractivity (Wildman–Crippen MR) is 161 cm³/mol. The normalized spacial score (nSPS) is 10.9. The molecule has 4 rings (SSSR count). The number of benzene rings is 4. The largest absolute Gasteiger partial charge is 0.205 e. The van der Waals surface area contributed by atoms with E-state index in [0.29, 0.717) is 10.9 Å². The average molecular weight is 505 g/mol. The van der Waals surface area contributed by atoms with E-state index in [1.54, 1.807) is 6.07 Å². The van der Waals surface area contributed by atoms with Gasteiger partial charge in [-0.3, -0.25) is 0 Å². The van der Waals surface area contributed by atoms with Crippen LogP contribution in [0.1, 0.15) is 92.2 Å². The van der Waals surface area contributed by atoms with E-state index < -0.39 is 0 Å². The van der Waals surface area contributed by atoms with Crippen LogP contribution >= 0.6 is 0 Å².